The van der Waals surface area contributed by atoms with Gasteiger partial charge >= 0.3 is 6.18 Å². The molecule has 0 N–H and O–H groups in total. The van der Waals surface area contributed by atoms with Gasteiger partial charge in [-0.05, 0) is 33.1 Å². The number of amides is 1. The van der Waals surface area contributed by atoms with E-state index in [1.165, 1.54) is 6.92 Å². The number of hydrogen-bond donors (Lipinski definition) is 0. The fourth-order valence-corrected chi connectivity index (χ4v) is 2.79. The van der Waals surface area contributed by atoms with E-state index >= 15 is 0 Å². The number of rotatable bonds is 2. The summed E-state index contributed by atoms with van der Waals surface area (Å²) in [5.74, 6) is -0.224. The van der Waals surface area contributed by atoms with Gasteiger partial charge in [-0.25, -0.2) is 0 Å². The minimum atomic E-state index is -4.62. The fourth-order valence-electron chi connectivity index (χ4n) is 2.55. The van der Waals surface area contributed by atoms with Crippen LogP contribution in [0.2, 0.25) is 5.02 Å². The van der Waals surface area contributed by atoms with Crippen LogP contribution < -0.4 is 0 Å². The van der Waals surface area contributed by atoms with Gasteiger partial charge in [0.2, 0.25) is 5.91 Å². The molecule has 21 heavy (non-hydrogen) atoms. The van der Waals surface area contributed by atoms with E-state index < -0.39 is 16.9 Å². The second-order valence-electron chi connectivity index (χ2n) is 5.34. The Morgan fingerprint density at radius 1 is 1.43 bits per heavy atom. The molecule has 0 saturated carbocycles. The Morgan fingerprint density at radius 2 is 2.10 bits per heavy atom. The molecule has 0 spiro atoms. The largest absolute Gasteiger partial charge is 0.436 e. The summed E-state index contributed by atoms with van der Waals surface area (Å²) in [6, 6.07) is 0.111. The van der Waals surface area contributed by atoms with Crippen molar-refractivity contribution in [2.24, 2.45) is 0 Å². The van der Waals surface area contributed by atoms with Crippen molar-refractivity contribution < 1.29 is 18.0 Å². The predicted octanol–water partition coefficient (Wildman–Crippen LogP) is 3.26. The first-order chi connectivity index (χ1) is 9.71. The van der Waals surface area contributed by atoms with Crippen molar-refractivity contribution in [3.8, 4) is 0 Å². The summed E-state index contributed by atoms with van der Waals surface area (Å²) >= 11 is 5.67. The molecule has 2 heterocycles. The first kappa shape index (κ1) is 16.1. The van der Waals surface area contributed by atoms with Gasteiger partial charge in [-0.3, -0.25) is 9.48 Å². The monoisotopic (exact) mass is 323 g/mol. The van der Waals surface area contributed by atoms with E-state index in [9.17, 15) is 18.0 Å². The smallest absolute Gasteiger partial charge is 0.338 e. The Morgan fingerprint density at radius 3 is 2.62 bits per heavy atom. The molecule has 1 amide bonds. The van der Waals surface area contributed by atoms with Crippen LogP contribution >= 0.6 is 11.6 Å². The third-order valence-electron chi connectivity index (χ3n) is 3.81. The number of alkyl halides is 3. The molecule has 0 bridgehead atoms. The third-order valence-corrected chi connectivity index (χ3v) is 4.26. The Balaban J connectivity index is 2.18. The van der Waals surface area contributed by atoms with Gasteiger partial charge in [0.05, 0.1) is 10.7 Å². The first-order valence-electron chi connectivity index (χ1n) is 6.81. The van der Waals surface area contributed by atoms with Crippen LogP contribution in [0, 0.1) is 6.92 Å². The Kier molecular flexibility index (Phi) is 4.51. The highest BCUT2D eigenvalue weighted by Crippen LogP contribution is 2.35. The lowest BCUT2D eigenvalue weighted by atomic mass is 10.0. The Labute approximate surface area is 125 Å². The van der Waals surface area contributed by atoms with E-state index in [4.69, 9.17) is 11.6 Å². The molecule has 1 aliphatic rings. The van der Waals surface area contributed by atoms with Gasteiger partial charge in [0.25, 0.3) is 0 Å². The summed E-state index contributed by atoms with van der Waals surface area (Å²) in [6.07, 6.45) is -1.72. The van der Waals surface area contributed by atoms with Crippen molar-refractivity contribution in [2.45, 2.75) is 51.9 Å². The number of hydrogen-bond acceptors (Lipinski definition) is 2. The molecular weight excluding hydrogens is 307 g/mol. The Bertz CT molecular complexity index is 541. The highest BCUT2D eigenvalue weighted by Gasteiger charge is 2.38. The maximum absolute atomic E-state index is 12.7. The minimum absolute atomic E-state index is 0.111. The summed E-state index contributed by atoms with van der Waals surface area (Å²) < 4.78 is 39.3. The van der Waals surface area contributed by atoms with Crippen LogP contribution in [0.4, 0.5) is 13.2 Å². The number of halogens is 4. The zero-order valence-electron chi connectivity index (χ0n) is 11.9. The Hall–Kier alpha value is -1.24. The van der Waals surface area contributed by atoms with Gasteiger partial charge in [0.1, 0.15) is 6.54 Å². The first-order valence-corrected chi connectivity index (χ1v) is 7.19. The molecule has 0 radical (unpaired) electrons. The number of carbonyl (C=O) groups excluding carboxylic acids is 1. The average molecular weight is 324 g/mol. The number of likely N-dealkylation sites (tertiary alicyclic amines) is 1. The van der Waals surface area contributed by atoms with E-state index in [0.717, 1.165) is 23.9 Å². The second-order valence-corrected chi connectivity index (χ2v) is 5.71. The van der Waals surface area contributed by atoms with Crippen molar-refractivity contribution >= 4 is 17.5 Å². The SMILES string of the molecule is Cc1c(Cl)c(C(F)(F)F)nn1CC(=O)N1CCCC[C@@H]1C. The maximum atomic E-state index is 12.7. The molecule has 1 aromatic rings. The molecule has 8 heteroatoms. The number of carbonyl (C=O) groups is 1. The maximum Gasteiger partial charge on any atom is 0.436 e. The molecule has 0 aliphatic carbocycles. The molecule has 1 saturated heterocycles. The van der Waals surface area contributed by atoms with Crippen LogP contribution in [-0.4, -0.2) is 33.2 Å². The molecule has 1 atom stereocenters. The lowest BCUT2D eigenvalue weighted by Crippen LogP contribution is -2.43. The molecule has 1 aliphatic heterocycles. The van der Waals surface area contributed by atoms with E-state index in [-0.39, 0.29) is 24.2 Å². The van der Waals surface area contributed by atoms with E-state index in [2.05, 4.69) is 5.10 Å². The van der Waals surface area contributed by atoms with E-state index in [1.807, 2.05) is 6.92 Å². The molecule has 2 rings (SSSR count). The van der Waals surface area contributed by atoms with Crippen LogP contribution in [0.15, 0.2) is 0 Å². The third kappa shape index (κ3) is 3.33. The minimum Gasteiger partial charge on any atom is -0.338 e. The van der Waals surface area contributed by atoms with Crippen molar-refractivity contribution in [3.63, 3.8) is 0 Å². The summed E-state index contributed by atoms with van der Waals surface area (Å²) in [5.41, 5.74) is -0.983. The fraction of sp³-hybridized carbons (Fsp3) is 0.692. The normalized spacial score (nSPS) is 19.9. The van der Waals surface area contributed by atoms with Crippen molar-refractivity contribution in [2.75, 3.05) is 6.54 Å². The number of piperidine rings is 1. The van der Waals surface area contributed by atoms with Gasteiger partial charge in [0.15, 0.2) is 5.69 Å². The summed E-state index contributed by atoms with van der Waals surface area (Å²) in [7, 11) is 0. The number of nitrogens with zero attached hydrogens (tertiary/aromatic N) is 3. The number of aromatic nitrogens is 2. The van der Waals surface area contributed by atoms with Crippen LogP contribution in [0.1, 0.15) is 37.6 Å². The molecular formula is C13H17ClF3N3O. The zero-order chi connectivity index (χ0) is 15.8. The highest BCUT2D eigenvalue weighted by molar-refractivity contribution is 6.32. The van der Waals surface area contributed by atoms with Gasteiger partial charge in [-0.15, -0.1) is 0 Å². The van der Waals surface area contributed by atoms with Crippen LogP contribution in [0.25, 0.3) is 0 Å². The van der Waals surface area contributed by atoms with Crippen molar-refractivity contribution in [1.29, 1.82) is 0 Å². The molecule has 1 fully saturated rings. The predicted molar refractivity (Wildman–Crippen MR) is 72.0 cm³/mol. The lowest BCUT2D eigenvalue weighted by Gasteiger charge is -2.33. The summed E-state index contributed by atoms with van der Waals surface area (Å²) in [6.45, 7) is 3.80. The second kappa shape index (κ2) is 5.87. The topological polar surface area (TPSA) is 38.1 Å². The van der Waals surface area contributed by atoms with Crippen molar-refractivity contribution in [1.82, 2.24) is 14.7 Å². The van der Waals surface area contributed by atoms with Gasteiger partial charge < -0.3 is 4.90 Å². The lowest BCUT2D eigenvalue weighted by molar-refractivity contribution is -0.142. The quantitative estimate of drug-likeness (QED) is 0.838. The van der Waals surface area contributed by atoms with Gasteiger partial charge in [-0.2, -0.15) is 18.3 Å². The molecule has 4 nitrogen and oxygen atoms in total. The molecule has 1 aromatic heterocycles. The van der Waals surface area contributed by atoms with Crippen LogP contribution in [-0.2, 0) is 17.5 Å². The molecule has 0 unspecified atom stereocenters. The summed E-state index contributed by atoms with van der Waals surface area (Å²) in [5, 5.41) is 3.01. The van der Waals surface area contributed by atoms with Crippen LogP contribution in [0.3, 0.4) is 0 Å². The highest BCUT2D eigenvalue weighted by atomic mass is 35.5. The van der Waals surface area contributed by atoms with Crippen molar-refractivity contribution in [3.05, 3.63) is 16.4 Å². The van der Waals surface area contributed by atoms with Gasteiger partial charge in [-0.1, -0.05) is 11.6 Å². The molecule has 118 valence electrons. The molecule has 0 aromatic carbocycles. The van der Waals surface area contributed by atoms with E-state index in [0.29, 0.717) is 6.54 Å². The van der Waals surface area contributed by atoms with Gasteiger partial charge in [0, 0.05) is 12.6 Å². The summed E-state index contributed by atoms with van der Waals surface area (Å²) in [4.78, 5) is 13.9. The zero-order valence-corrected chi connectivity index (χ0v) is 12.6. The standard InChI is InChI=1S/C13H17ClF3N3O/c1-8-5-3-4-6-19(8)10(21)7-20-9(2)11(14)12(18-20)13(15,16)17/h8H,3-7H2,1-2H3/t8-/m0/s1. The van der Waals surface area contributed by atoms with E-state index in [1.54, 1.807) is 4.90 Å². The van der Waals surface area contributed by atoms with Crippen LogP contribution in [0.5, 0.6) is 0 Å². The average Bonchev–Trinajstić information content (AvgIpc) is 2.67.